The molecule has 0 aliphatic rings. The average molecular weight is 472 g/mol. The first kappa shape index (κ1) is 24.3. The highest BCUT2D eigenvalue weighted by Gasteiger charge is 2.25. The number of hydrogen-bond donors (Lipinski definition) is 3. The quantitative estimate of drug-likeness (QED) is 0.364. The molecule has 176 valence electrons. The first-order valence-corrected chi connectivity index (χ1v) is 11.9. The van der Waals surface area contributed by atoms with E-state index >= 15 is 0 Å². The van der Waals surface area contributed by atoms with Gasteiger partial charge in [0.15, 0.2) is 5.69 Å². The molecule has 3 aromatic rings. The van der Waals surface area contributed by atoms with Gasteiger partial charge in [0.25, 0.3) is 5.56 Å². The van der Waals surface area contributed by atoms with Gasteiger partial charge >= 0.3 is 5.69 Å². The van der Waals surface area contributed by atoms with Crippen LogP contribution >= 0.6 is 11.8 Å². The molecular weight excluding hydrogens is 442 g/mol. The fourth-order valence-electron chi connectivity index (χ4n) is 3.33. The number of aryl methyl sites for hydroxylation is 1. The van der Waals surface area contributed by atoms with Crippen molar-refractivity contribution in [2.24, 2.45) is 0 Å². The highest BCUT2D eigenvalue weighted by atomic mass is 32.2. The molecule has 1 aromatic carbocycles. The van der Waals surface area contributed by atoms with E-state index in [1.807, 2.05) is 44.2 Å². The molecule has 4 N–H and O–H groups in total. The number of aromatic amines is 2. The number of nitrogens with one attached hydrogen (secondary N) is 2. The molecule has 0 saturated heterocycles. The van der Waals surface area contributed by atoms with Gasteiger partial charge in [0, 0.05) is 13.0 Å². The summed E-state index contributed by atoms with van der Waals surface area (Å²) in [5.41, 5.74) is 5.80. The van der Waals surface area contributed by atoms with Gasteiger partial charge in [-0.2, -0.15) is 0 Å². The van der Waals surface area contributed by atoms with Gasteiger partial charge in [0.1, 0.15) is 11.6 Å². The third-order valence-electron chi connectivity index (χ3n) is 5.03. The van der Waals surface area contributed by atoms with Crippen LogP contribution in [-0.4, -0.2) is 36.4 Å². The lowest BCUT2D eigenvalue weighted by Gasteiger charge is -2.24. The zero-order chi connectivity index (χ0) is 23.8. The normalized spacial score (nSPS) is 11.0. The number of nitrogens with two attached hydrogens (primary N) is 1. The van der Waals surface area contributed by atoms with Crippen molar-refractivity contribution in [1.29, 1.82) is 0 Å². The summed E-state index contributed by atoms with van der Waals surface area (Å²) in [5, 5.41) is 7.46. The van der Waals surface area contributed by atoms with Crippen LogP contribution in [0.4, 0.5) is 11.5 Å². The number of nitrogen functional groups attached to an aromatic ring is 1. The monoisotopic (exact) mass is 471 g/mol. The van der Waals surface area contributed by atoms with E-state index in [9.17, 15) is 14.4 Å². The van der Waals surface area contributed by atoms with Crippen molar-refractivity contribution in [3.05, 3.63) is 62.6 Å². The number of thioether (sulfide) groups is 1. The lowest BCUT2D eigenvalue weighted by atomic mass is 10.2. The number of amides is 1. The van der Waals surface area contributed by atoms with Gasteiger partial charge in [-0.15, -0.1) is 5.10 Å². The fraction of sp³-hybridized carbons (Fsp3) is 0.409. The zero-order valence-corrected chi connectivity index (χ0v) is 19.7. The Balaban J connectivity index is 1.93. The summed E-state index contributed by atoms with van der Waals surface area (Å²) in [7, 11) is 0. The van der Waals surface area contributed by atoms with Crippen molar-refractivity contribution in [3.63, 3.8) is 0 Å². The summed E-state index contributed by atoms with van der Waals surface area (Å²) in [6.07, 6.45) is 3.26. The number of H-pyrrole nitrogens is 2. The highest BCUT2D eigenvalue weighted by molar-refractivity contribution is 7.99. The summed E-state index contributed by atoms with van der Waals surface area (Å²) in [5.74, 6) is 0.402. The van der Waals surface area contributed by atoms with E-state index < -0.39 is 11.2 Å². The van der Waals surface area contributed by atoms with E-state index in [1.54, 1.807) is 0 Å². The van der Waals surface area contributed by atoms with Crippen molar-refractivity contribution < 1.29 is 4.79 Å². The van der Waals surface area contributed by atoms with Crippen LogP contribution in [0.5, 0.6) is 0 Å². The second kappa shape index (κ2) is 11.5. The third-order valence-corrected chi connectivity index (χ3v) is 5.86. The van der Waals surface area contributed by atoms with Crippen LogP contribution in [0.2, 0.25) is 0 Å². The van der Waals surface area contributed by atoms with Gasteiger partial charge in [-0.05, 0) is 18.4 Å². The Morgan fingerprint density at radius 2 is 1.94 bits per heavy atom. The van der Waals surface area contributed by atoms with E-state index in [2.05, 4.69) is 20.2 Å². The molecule has 0 aliphatic heterocycles. The number of benzene rings is 1. The topological polar surface area (TPSA) is 143 Å². The highest BCUT2D eigenvalue weighted by Crippen LogP contribution is 2.22. The molecule has 10 nitrogen and oxygen atoms in total. The molecule has 0 bridgehead atoms. The van der Waals surface area contributed by atoms with Crippen LogP contribution in [-0.2, 0) is 24.3 Å². The minimum Gasteiger partial charge on any atom is -0.383 e. The van der Waals surface area contributed by atoms with Crippen molar-refractivity contribution in [3.8, 4) is 0 Å². The molecule has 1 amide bonds. The summed E-state index contributed by atoms with van der Waals surface area (Å²) >= 11 is 1.18. The van der Waals surface area contributed by atoms with E-state index in [-0.39, 0.29) is 29.7 Å². The van der Waals surface area contributed by atoms with Crippen molar-refractivity contribution in [2.75, 3.05) is 16.4 Å². The summed E-state index contributed by atoms with van der Waals surface area (Å²) < 4.78 is 1.31. The third kappa shape index (κ3) is 6.13. The van der Waals surface area contributed by atoms with Crippen LogP contribution < -0.4 is 21.9 Å². The van der Waals surface area contributed by atoms with Crippen LogP contribution in [0.3, 0.4) is 0 Å². The van der Waals surface area contributed by atoms with Crippen molar-refractivity contribution >= 4 is 29.2 Å². The number of aromatic nitrogens is 5. The molecule has 0 fully saturated rings. The number of carbonyl (C=O) groups is 1. The maximum absolute atomic E-state index is 13.3. The number of carbonyl (C=O) groups excluding carboxylic acids is 1. The van der Waals surface area contributed by atoms with E-state index in [4.69, 9.17) is 5.73 Å². The van der Waals surface area contributed by atoms with Gasteiger partial charge in [-0.25, -0.2) is 9.78 Å². The van der Waals surface area contributed by atoms with Crippen molar-refractivity contribution in [1.82, 2.24) is 24.7 Å². The van der Waals surface area contributed by atoms with E-state index in [0.717, 1.165) is 30.7 Å². The first-order valence-electron chi connectivity index (χ1n) is 11.0. The molecular formula is C22H29N7O3S. The summed E-state index contributed by atoms with van der Waals surface area (Å²) in [6.45, 7) is 4.52. The largest absolute Gasteiger partial charge is 0.383 e. The Morgan fingerprint density at radius 3 is 2.64 bits per heavy atom. The Bertz CT molecular complexity index is 1190. The van der Waals surface area contributed by atoms with Gasteiger partial charge in [-0.1, -0.05) is 62.4 Å². The molecule has 0 atom stereocenters. The number of unbranched alkanes of at least 4 members (excludes halogenated alkanes) is 1. The SMILES string of the molecule is CCCCn1c(N)c(N(Cc2ccccc2)C(=O)CSc2n[nH]c(CCC)n2)c(=O)[nH]c1=O. The van der Waals surface area contributed by atoms with Gasteiger partial charge in [-0.3, -0.25) is 29.1 Å². The molecule has 33 heavy (non-hydrogen) atoms. The molecule has 2 heterocycles. The molecule has 3 rings (SSSR count). The average Bonchev–Trinajstić information content (AvgIpc) is 3.25. The van der Waals surface area contributed by atoms with Crippen LogP contribution in [0.15, 0.2) is 45.1 Å². The second-order valence-corrected chi connectivity index (χ2v) is 8.51. The fourth-order valence-corrected chi connectivity index (χ4v) is 4.02. The van der Waals surface area contributed by atoms with Gasteiger partial charge in [0.05, 0.1) is 12.3 Å². The minimum absolute atomic E-state index is 0.00319. The summed E-state index contributed by atoms with van der Waals surface area (Å²) in [4.78, 5) is 46.5. The lowest BCUT2D eigenvalue weighted by Crippen LogP contribution is -2.41. The van der Waals surface area contributed by atoms with E-state index in [0.29, 0.717) is 18.1 Å². The van der Waals surface area contributed by atoms with Crippen molar-refractivity contribution in [2.45, 2.75) is 57.8 Å². The van der Waals surface area contributed by atoms with Crippen LogP contribution in [0.25, 0.3) is 0 Å². The predicted molar refractivity (Wildman–Crippen MR) is 129 cm³/mol. The Morgan fingerprint density at radius 1 is 1.18 bits per heavy atom. The number of rotatable bonds is 11. The minimum atomic E-state index is -0.692. The zero-order valence-electron chi connectivity index (χ0n) is 18.8. The van der Waals surface area contributed by atoms with E-state index in [1.165, 1.54) is 21.2 Å². The molecule has 0 unspecified atom stereocenters. The number of anilines is 2. The number of hydrogen-bond acceptors (Lipinski definition) is 7. The Hall–Kier alpha value is -3.34. The predicted octanol–water partition coefficient (Wildman–Crippen LogP) is 2.32. The molecule has 2 aromatic heterocycles. The van der Waals surface area contributed by atoms with Gasteiger partial charge < -0.3 is 5.73 Å². The molecule has 0 radical (unpaired) electrons. The standard InChI is InChI=1S/C22H29N7O3S/c1-3-5-12-28-19(23)18(20(31)25-22(28)32)29(13-15-10-7-6-8-11-15)17(30)14-33-21-24-16(9-4-2)26-27-21/h6-8,10-11H,3-5,9,12-14,23H2,1-2H3,(H,24,26,27)(H,25,31,32). The first-order chi connectivity index (χ1) is 15.9. The Kier molecular flexibility index (Phi) is 8.47. The lowest BCUT2D eigenvalue weighted by molar-refractivity contribution is -0.116. The molecule has 0 saturated carbocycles. The van der Waals surface area contributed by atoms with Crippen LogP contribution in [0, 0.1) is 0 Å². The Labute approximate surface area is 195 Å². The second-order valence-electron chi connectivity index (χ2n) is 7.57. The molecule has 0 spiro atoms. The smallest absolute Gasteiger partial charge is 0.330 e. The van der Waals surface area contributed by atoms with Gasteiger partial charge in [0.2, 0.25) is 11.1 Å². The summed E-state index contributed by atoms with van der Waals surface area (Å²) in [6, 6.07) is 9.29. The maximum Gasteiger partial charge on any atom is 0.330 e. The maximum atomic E-state index is 13.3. The molecule has 0 aliphatic carbocycles. The van der Waals surface area contributed by atoms with Crippen LogP contribution in [0.1, 0.15) is 44.5 Å². The number of nitrogens with zero attached hydrogens (tertiary/aromatic N) is 4. The molecule has 11 heteroatoms.